The fraction of sp³-hybridized carbons (Fsp3) is 0.562. The summed E-state index contributed by atoms with van der Waals surface area (Å²) in [4.78, 5) is 15.8. The van der Waals surface area contributed by atoms with E-state index >= 15 is 0 Å². The van der Waals surface area contributed by atoms with E-state index in [2.05, 4.69) is 0 Å². The molecule has 0 spiro atoms. The summed E-state index contributed by atoms with van der Waals surface area (Å²) in [5.74, 6) is -0.482. The summed E-state index contributed by atoms with van der Waals surface area (Å²) in [6.45, 7) is 1.53. The summed E-state index contributed by atoms with van der Waals surface area (Å²) in [5, 5.41) is 8.85. The van der Waals surface area contributed by atoms with Crippen LogP contribution in [0.3, 0.4) is 0 Å². The maximum atomic E-state index is 13.0. The van der Waals surface area contributed by atoms with Crippen LogP contribution in [0, 0.1) is 5.82 Å². The summed E-state index contributed by atoms with van der Waals surface area (Å²) in [6, 6.07) is 4.62. The maximum absolute atomic E-state index is 13.0. The Kier molecular flexibility index (Phi) is 4.78. The zero-order chi connectivity index (χ0) is 17.3. The average Bonchev–Trinajstić information content (AvgIpc) is 3.06. The van der Waals surface area contributed by atoms with Gasteiger partial charge in [0.15, 0.2) is 9.84 Å². The molecule has 1 N–H and O–H groups in total. The van der Waals surface area contributed by atoms with Crippen molar-refractivity contribution in [1.82, 2.24) is 9.80 Å². The molecule has 1 aromatic carbocycles. The van der Waals surface area contributed by atoms with Gasteiger partial charge in [0.05, 0.1) is 16.2 Å². The molecule has 2 fully saturated rings. The van der Waals surface area contributed by atoms with Crippen molar-refractivity contribution in [2.24, 2.45) is 0 Å². The van der Waals surface area contributed by atoms with E-state index in [9.17, 15) is 22.7 Å². The summed E-state index contributed by atoms with van der Waals surface area (Å²) >= 11 is 0. The SMILES string of the molecule is O=C(N1CCC(O)CC1)N1CCC(S(=O)(=O)c2ccc(F)cc2)C1. The van der Waals surface area contributed by atoms with Crippen molar-refractivity contribution in [2.45, 2.75) is 35.5 Å². The molecule has 3 rings (SSSR count). The van der Waals surface area contributed by atoms with Crippen LogP contribution in [-0.4, -0.2) is 66.9 Å². The number of carbonyl (C=O) groups excluding carboxylic acids is 1. The Bertz CT molecular complexity index is 699. The predicted octanol–water partition coefficient (Wildman–Crippen LogP) is 1.25. The zero-order valence-electron chi connectivity index (χ0n) is 13.3. The van der Waals surface area contributed by atoms with Crippen molar-refractivity contribution in [3.05, 3.63) is 30.1 Å². The van der Waals surface area contributed by atoms with E-state index in [1.807, 2.05) is 0 Å². The first-order valence-electron chi connectivity index (χ1n) is 8.09. The summed E-state index contributed by atoms with van der Waals surface area (Å²) in [5.41, 5.74) is 0. The molecule has 2 amide bonds. The van der Waals surface area contributed by atoms with E-state index in [1.165, 1.54) is 12.1 Å². The number of benzene rings is 1. The molecule has 0 aromatic heterocycles. The van der Waals surface area contributed by atoms with Crippen LogP contribution in [-0.2, 0) is 9.84 Å². The number of nitrogens with zero attached hydrogens (tertiary/aromatic N) is 2. The Morgan fingerprint density at radius 1 is 1.04 bits per heavy atom. The third-order valence-electron chi connectivity index (χ3n) is 4.73. The standard InChI is InChI=1S/C16H21FN2O4S/c17-12-1-3-14(4-2-12)24(22,23)15-7-10-19(11-15)16(21)18-8-5-13(20)6-9-18/h1-4,13,15,20H,5-11H2. The van der Waals surface area contributed by atoms with Gasteiger partial charge < -0.3 is 14.9 Å². The first-order valence-corrected chi connectivity index (χ1v) is 9.64. The van der Waals surface area contributed by atoms with Gasteiger partial charge in [0.25, 0.3) is 0 Å². The number of hydrogen-bond acceptors (Lipinski definition) is 4. The van der Waals surface area contributed by atoms with Crippen LogP contribution in [0.25, 0.3) is 0 Å². The summed E-state index contributed by atoms with van der Waals surface area (Å²) in [6.07, 6.45) is 1.12. The van der Waals surface area contributed by atoms with Gasteiger partial charge in [0.2, 0.25) is 0 Å². The van der Waals surface area contributed by atoms with Gasteiger partial charge in [-0.15, -0.1) is 0 Å². The Morgan fingerprint density at radius 2 is 1.62 bits per heavy atom. The molecule has 24 heavy (non-hydrogen) atoms. The normalized spacial score (nSPS) is 22.8. The molecule has 0 radical (unpaired) electrons. The summed E-state index contributed by atoms with van der Waals surface area (Å²) < 4.78 is 38.2. The predicted molar refractivity (Wildman–Crippen MR) is 85.8 cm³/mol. The number of aliphatic hydroxyl groups excluding tert-OH is 1. The minimum absolute atomic E-state index is 0.0873. The molecule has 8 heteroatoms. The van der Waals surface area contributed by atoms with Crippen LogP contribution in [0.15, 0.2) is 29.2 Å². The second-order valence-corrected chi connectivity index (χ2v) is 8.58. The minimum atomic E-state index is -3.58. The molecule has 2 aliphatic heterocycles. The molecule has 1 unspecified atom stereocenters. The highest BCUT2D eigenvalue weighted by Crippen LogP contribution is 2.25. The lowest BCUT2D eigenvalue weighted by atomic mass is 10.1. The molecular weight excluding hydrogens is 335 g/mol. The number of aliphatic hydroxyl groups is 1. The fourth-order valence-corrected chi connectivity index (χ4v) is 4.92. The van der Waals surface area contributed by atoms with Gasteiger partial charge in [-0.3, -0.25) is 0 Å². The molecule has 2 aliphatic rings. The highest BCUT2D eigenvalue weighted by molar-refractivity contribution is 7.92. The molecule has 0 saturated carbocycles. The van der Waals surface area contributed by atoms with Crippen LogP contribution in [0.2, 0.25) is 0 Å². The molecule has 1 aromatic rings. The number of rotatable bonds is 2. The van der Waals surface area contributed by atoms with Crippen molar-refractivity contribution in [1.29, 1.82) is 0 Å². The smallest absolute Gasteiger partial charge is 0.320 e. The molecule has 2 heterocycles. The first-order chi connectivity index (χ1) is 11.4. The van der Waals surface area contributed by atoms with Gasteiger partial charge in [-0.05, 0) is 43.5 Å². The molecule has 1 atom stereocenters. The highest BCUT2D eigenvalue weighted by atomic mass is 32.2. The maximum Gasteiger partial charge on any atom is 0.320 e. The van der Waals surface area contributed by atoms with Gasteiger partial charge in [-0.1, -0.05) is 0 Å². The van der Waals surface area contributed by atoms with Gasteiger partial charge in [0.1, 0.15) is 5.82 Å². The monoisotopic (exact) mass is 356 g/mol. The van der Waals surface area contributed by atoms with Gasteiger partial charge >= 0.3 is 6.03 Å². The van der Waals surface area contributed by atoms with E-state index in [0.717, 1.165) is 12.1 Å². The second-order valence-electron chi connectivity index (χ2n) is 6.36. The number of sulfone groups is 1. The average molecular weight is 356 g/mol. The number of halogens is 1. The number of hydrogen-bond donors (Lipinski definition) is 1. The number of carbonyl (C=O) groups is 1. The molecule has 2 saturated heterocycles. The molecule has 0 bridgehead atoms. The highest BCUT2D eigenvalue weighted by Gasteiger charge is 2.37. The third kappa shape index (κ3) is 3.39. The van der Waals surface area contributed by atoms with Crippen LogP contribution in [0.1, 0.15) is 19.3 Å². The number of likely N-dealkylation sites (tertiary alicyclic amines) is 2. The molecular formula is C16H21FN2O4S. The third-order valence-corrected chi connectivity index (χ3v) is 6.92. The first kappa shape index (κ1) is 17.2. The molecule has 132 valence electrons. The number of amides is 2. The minimum Gasteiger partial charge on any atom is -0.393 e. The second kappa shape index (κ2) is 6.68. The van der Waals surface area contributed by atoms with Gasteiger partial charge in [-0.2, -0.15) is 0 Å². The lowest BCUT2D eigenvalue weighted by molar-refractivity contribution is 0.0839. The van der Waals surface area contributed by atoms with E-state index in [1.54, 1.807) is 9.80 Å². The van der Waals surface area contributed by atoms with Crippen LogP contribution >= 0.6 is 0 Å². The van der Waals surface area contributed by atoms with Crippen LogP contribution < -0.4 is 0 Å². The zero-order valence-corrected chi connectivity index (χ0v) is 14.1. The number of piperidine rings is 1. The Balaban J connectivity index is 1.66. The van der Waals surface area contributed by atoms with E-state index < -0.39 is 20.9 Å². The van der Waals surface area contributed by atoms with Crippen molar-refractivity contribution in [3.63, 3.8) is 0 Å². The summed E-state index contributed by atoms with van der Waals surface area (Å²) in [7, 11) is -3.58. The van der Waals surface area contributed by atoms with Crippen molar-refractivity contribution >= 4 is 15.9 Å². The Labute approximate surface area is 140 Å². The van der Waals surface area contributed by atoms with Gasteiger partial charge in [0, 0.05) is 26.2 Å². The van der Waals surface area contributed by atoms with Crippen LogP contribution in [0.5, 0.6) is 0 Å². The molecule has 6 nitrogen and oxygen atoms in total. The topological polar surface area (TPSA) is 77.9 Å². The quantitative estimate of drug-likeness (QED) is 0.809. The molecule has 0 aliphatic carbocycles. The largest absolute Gasteiger partial charge is 0.393 e. The van der Waals surface area contributed by atoms with Crippen molar-refractivity contribution in [3.8, 4) is 0 Å². The van der Waals surface area contributed by atoms with Crippen LogP contribution in [0.4, 0.5) is 9.18 Å². The van der Waals surface area contributed by atoms with E-state index in [0.29, 0.717) is 38.9 Å². The fourth-order valence-electron chi connectivity index (χ4n) is 3.23. The Hall–Kier alpha value is -1.67. The van der Waals surface area contributed by atoms with Crippen molar-refractivity contribution in [2.75, 3.05) is 26.2 Å². The Morgan fingerprint density at radius 3 is 2.25 bits per heavy atom. The van der Waals surface area contributed by atoms with E-state index in [4.69, 9.17) is 0 Å². The lowest BCUT2D eigenvalue weighted by Gasteiger charge is -2.32. The van der Waals surface area contributed by atoms with Crippen molar-refractivity contribution < 1.29 is 22.7 Å². The van der Waals surface area contributed by atoms with E-state index in [-0.39, 0.29) is 23.6 Å². The number of urea groups is 1. The lowest BCUT2D eigenvalue weighted by Crippen LogP contribution is -2.47. The van der Waals surface area contributed by atoms with Gasteiger partial charge in [-0.25, -0.2) is 17.6 Å².